The maximum absolute atomic E-state index is 11.6. The van der Waals surface area contributed by atoms with Crippen molar-refractivity contribution in [2.75, 3.05) is 12.5 Å². The first kappa shape index (κ1) is 20.6. The largest absolute Gasteiger partial charge is 0.387 e. The van der Waals surface area contributed by atoms with Crippen LogP contribution in [0.25, 0.3) is 0 Å². The highest BCUT2D eigenvalue weighted by molar-refractivity contribution is 7.71. The molecule has 25 heavy (non-hydrogen) atoms. The molecule has 1 aliphatic rings. The van der Waals surface area contributed by atoms with E-state index in [1.807, 2.05) is 0 Å². The highest BCUT2D eigenvalue weighted by Gasteiger charge is 2.45. The maximum Gasteiger partial charge on any atom is 0.340 e. The zero-order valence-electron chi connectivity index (χ0n) is 12.4. The predicted molar refractivity (Wildman–Crippen MR) is 84.5 cm³/mol. The molecule has 1 fully saturated rings. The summed E-state index contributed by atoms with van der Waals surface area (Å²) in [6.07, 6.45) is -4.27. The number of aromatic amines is 1. The van der Waals surface area contributed by atoms with Gasteiger partial charge in [0.25, 0.3) is 5.56 Å². The van der Waals surface area contributed by atoms with Gasteiger partial charge in [-0.15, -0.1) is 0 Å². The lowest BCUT2D eigenvalue weighted by atomic mass is 10.1. The lowest BCUT2D eigenvalue weighted by Crippen LogP contribution is -2.34. The minimum absolute atomic E-state index is 0.0837. The van der Waals surface area contributed by atoms with Crippen molar-refractivity contribution in [2.24, 2.45) is 0 Å². The molecule has 0 aromatic carbocycles. The van der Waals surface area contributed by atoms with Crippen LogP contribution in [0.15, 0.2) is 17.1 Å². The van der Waals surface area contributed by atoms with Crippen LogP contribution in [0, 0.1) is 4.77 Å². The van der Waals surface area contributed by atoms with Crippen molar-refractivity contribution in [1.82, 2.24) is 9.55 Å². The third kappa shape index (κ3) is 5.38. The van der Waals surface area contributed by atoms with Gasteiger partial charge in [0.05, 0.1) is 6.61 Å². The Bertz CT molecular complexity index is 833. The Morgan fingerprint density at radius 1 is 1.28 bits per heavy atom. The second-order valence-electron chi connectivity index (χ2n) is 5.30. The Morgan fingerprint density at radius 3 is 2.48 bits per heavy atom. The van der Waals surface area contributed by atoms with Crippen LogP contribution in [-0.4, -0.2) is 65.3 Å². The average molecular weight is 418 g/mol. The summed E-state index contributed by atoms with van der Waals surface area (Å²) in [7, 11) is -9.42. The van der Waals surface area contributed by atoms with Crippen molar-refractivity contribution in [3.63, 3.8) is 0 Å². The summed E-state index contributed by atoms with van der Waals surface area (Å²) < 4.78 is 33.4. The van der Waals surface area contributed by atoms with Gasteiger partial charge in [-0.3, -0.25) is 23.5 Å². The molecule has 15 heteroatoms. The monoisotopic (exact) mass is 418 g/mol. The van der Waals surface area contributed by atoms with E-state index in [-0.39, 0.29) is 4.77 Å². The fraction of sp³-hybridized carbons (Fsp3) is 0.600. The third-order valence-electron chi connectivity index (χ3n) is 3.27. The number of nitrogens with zero attached hydrogens (tertiary/aromatic N) is 1. The molecule has 1 saturated heterocycles. The van der Waals surface area contributed by atoms with Crippen LogP contribution >= 0.6 is 27.4 Å². The van der Waals surface area contributed by atoms with Gasteiger partial charge in [-0.25, -0.2) is 0 Å². The summed E-state index contributed by atoms with van der Waals surface area (Å²) in [5.74, 6) is -1.39. The van der Waals surface area contributed by atoms with E-state index in [0.29, 0.717) is 0 Å². The van der Waals surface area contributed by atoms with Crippen molar-refractivity contribution in [3.8, 4) is 0 Å². The molecule has 1 aromatic rings. The van der Waals surface area contributed by atoms with E-state index in [0.717, 1.165) is 6.07 Å². The number of aromatic nitrogens is 2. The molecule has 1 aromatic heterocycles. The first-order valence-corrected chi connectivity index (χ1v) is 10.7. The molecule has 12 nitrogen and oxygen atoms in total. The first-order chi connectivity index (χ1) is 11.4. The van der Waals surface area contributed by atoms with Crippen molar-refractivity contribution in [1.29, 1.82) is 0 Å². The zero-order chi connectivity index (χ0) is 19.0. The second-order valence-corrected chi connectivity index (χ2v) is 9.68. The summed E-state index contributed by atoms with van der Waals surface area (Å²) in [6, 6.07) is 1.12. The molecule has 1 aliphatic heterocycles. The van der Waals surface area contributed by atoms with Crippen LogP contribution in [0.2, 0.25) is 0 Å². The van der Waals surface area contributed by atoms with Crippen molar-refractivity contribution < 1.29 is 43.3 Å². The zero-order valence-corrected chi connectivity index (χ0v) is 15.0. The van der Waals surface area contributed by atoms with Crippen LogP contribution in [0.5, 0.6) is 0 Å². The Hall–Kier alpha value is -0.720. The molecule has 5 atom stereocenters. The molecule has 2 heterocycles. The van der Waals surface area contributed by atoms with Gasteiger partial charge in [0.1, 0.15) is 18.3 Å². The molecule has 0 aliphatic carbocycles. The fourth-order valence-electron chi connectivity index (χ4n) is 2.19. The SMILES string of the molecule is O=c1ccn(C2OC(COP(=O)(O)CP(=O)(O)O)C(O)C2O)c(=S)[nH]1. The van der Waals surface area contributed by atoms with Gasteiger partial charge >= 0.3 is 15.2 Å². The highest BCUT2D eigenvalue weighted by atomic mass is 32.1. The number of aliphatic hydroxyl groups excluding tert-OH is 2. The van der Waals surface area contributed by atoms with E-state index < -0.39 is 57.8 Å². The van der Waals surface area contributed by atoms with Gasteiger partial charge < -0.3 is 34.2 Å². The summed E-state index contributed by atoms with van der Waals surface area (Å²) in [5.41, 5.74) is -0.479. The van der Waals surface area contributed by atoms with Gasteiger partial charge in [-0.05, 0) is 12.2 Å². The number of nitrogens with one attached hydrogen (secondary N) is 1. The van der Waals surface area contributed by atoms with Crippen LogP contribution < -0.4 is 5.56 Å². The fourth-order valence-corrected chi connectivity index (χ4v) is 5.02. The lowest BCUT2D eigenvalue weighted by molar-refractivity contribution is -0.0515. The van der Waals surface area contributed by atoms with E-state index in [2.05, 4.69) is 9.51 Å². The second kappa shape index (κ2) is 7.49. The molecule has 0 bridgehead atoms. The minimum Gasteiger partial charge on any atom is -0.387 e. The smallest absolute Gasteiger partial charge is 0.340 e. The number of ether oxygens (including phenoxy) is 1. The number of hydrogen-bond acceptors (Lipinski definition) is 8. The van der Waals surface area contributed by atoms with Gasteiger partial charge in [-0.1, -0.05) is 0 Å². The predicted octanol–water partition coefficient (Wildman–Crippen LogP) is -1.14. The number of H-pyrrole nitrogens is 1. The molecule has 6 N–H and O–H groups in total. The van der Waals surface area contributed by atoms with E-state index in [9.17, 15) is 29.0 Å². The van der Waals surface area contributed by atoms with Gasteiger partial charge in [-0.2, -0.15) is 0 Å². The summed E-state index contributed by atoms with van der Waals surface area (Å²) >= 11 is 4.92. The summed E-state index contributed by atoms with van der Waals surface area (Å²) in [5, 5.41) is 20.0. The van der Waals surface area contributed by atoms with Crippen molar-refractivity contribution >= 4 is 27.4 Å². The molecule has 2 rings (SSSR count). The van der Waals surface area contributed by atoms with Crippen LogP contribution in [0.3, 0.4) is 0 Å². The van der Waals surface area contributed by atoms with Crippen LogP contribution in [0.1, 0.15) is 6.23 Å². The molecule has 5 unspecified atom stereocenters. The van der Waals surface area contributed by atoms with E-state index in [1.54, 1.807) is 0 Å². The molecular formula is C10H16N2O10P2S. The van der Waals surface area contributed by atoms with E-state index in [1.165, 1.54) is 10.8 Å². The van der Waals surface area contributed by atoms with Gasteiger partial charge in [0, 0.05) is 12.3 Å². The lowest BCUT2D eigenvalue weighted by Gasteiger charge is -2.18. The quantitative estimate of drug-likeness (QED) is 0.242. The Kier molecular flexibility index (Phi) is 6.17. The highest BCUT2D eigenvalue weighted by Crippen LogP contribution is 2.55. The number of rotatable bonds is 6. The van der Waals surface area contributed by atoms with Crippen LogP contribution in [-0.2, 0) is 18.4 Å². The first-order valence-electron chi connectivity index (χ1n) is 6.74. The van der Waals surface area contributed by atoms with E-state index >= 15 is 0 Å². The standard InChI is InChI=1S/C10H16N2O10P2S/c13-6-1-2-12(10(25)11-6)9-8(15)7(14)5(22-9)3-21-24(19,20)4-23(16,17)18/h1-2,5,7-9,14-15H,3-4H2,(H,19,20)(H,11,13,25)(H2,16,17,18). The molecule has 142 valence electrons. The number of aliphatic hydroxyl groups is 2. The average Bonchev–Trinajstić information content (AvgIpc) is 2.71. The molecule has 0 radical (unpaired) electrons. The van der Waals surface area contributed by atoms with Gasteiger partial charge in [0.15, 0.2) is 16.9 Å². The normalized spacial score (nSPS) is 29.5. The Morgan fingerprint density at radius 2 is 1.92 bits per heavy atom. The Labute approximate surface area is 145 Å². The van der Waals surface area contributed by atoms with Crippen LogP contribution in [0.4, 0.5) is 0 Å². The summed E-state index contributed by atoms with van der Waals surface area (Å²) in [6.45, 7) is -0.709. The maximum atomic E-state index is 11.6. The van der Waals surface area contributed by atoms with Crippen molar-refractivity contribution in [2.45, 2.75) is 24.5 Å². The molecule has 0 spiro atoms. The molecular weight excluding hydrogens is 402 g/mol. The molecule has 0 saturated carbocycles. The van der Waals surface area contributed by atoms with E-state index in [4.69, 9.17) is 26.7 Å². The summed E-state index contributed by atoms with van der Waals surface area (Å²) in [4.78, 5) is 40.3. The van der Waals surface area contributed by atoms with Crippen molar-refractivity contribution in [3.05, 3.63) is 27.4 Å². The Balaban J connectivity index is 2.09. The van der Waals surface area contributed by atoms with Gasteiger partial charge in [0.2, 0.25) is 0 Å². The third-order valence-corrected chi connectivity index (χ3v) is 7.03. The topological polar surface area (TPSA) is 192 Å². The number of hydrogen-bond donors (Lipinski definition) is 6. The minimum atomic E-state index is -4.79. The molecule has 0 amide bonds.